The van der Waals surface area contributed by atoms with Crippen molar-refractivity contribution >= 4 is 22.8 Å². The molecule has 0 aliphatic carbocycles. The van der Waals surface area contributed by atoms with Crippen LogP contribution < -0.4 is 21.0 Å². The number of ether oxygens (including phenoxy) is 1. The first-order valence-corrected chi connectivity index (χ1v) is 8.61. The lowest BCUT2D eigenvalue weighted by molar-refractivity contribution is -0.131. The molecule has 1 fully saturated rings. The van der Waals surface area contributed by atoms with Gasteiger partial charge in [0.2, 0.25) is 5.91 Å². The molecule has 2 N–H and O–H groups in total. The third-order valence-electron chi connectivity index (χ3n) is 4.64. The van der Waals surface area contributed by atoms with Crippen LogP contribution in [0, 0.1) is 20.8 Å². The lowest BCUT2D eigenvalue weighted by atomic mass is 10.0. The van der Waals surface area contributed by atoms with E-state index in [0.29, 0.717) is 35.2 Å². The lowest BCUT2D eigenvalue weighted by Gasteiger charge is -2.22. The Labute approximate surface area is 150 Å². The van der Waals surface area contributed by atoms with Gasteiger partial charge in [-0.2, -0.15) is 0 Å². The van der Waals surface area contributed by atoms with Gasteiger partial charge in [-0.15, -0.1) is 0 Å². The molecule has 2 aromatic rings. The van der Waals surface area contributed by atoms with E-state index < -0.39 is 6.04 Å². The Morgan fingerprint density at radius 1 is 1.27 bits per heavy atom. The maximum atomic E-state index is 12.2. The zero-order valence-electron chi connectivity index (χ0n) is 15.1. The summed E-state index contributed by atoms with van der Waals surface area (Å²) in [5, 5.41) is 6.09. The Morgan fingerprint density at radius 2 is 2.04 bits per heavy atom. The van der Waals surface area contributed by atoms with Crippen LogP contribution in [0.5, 0.6) is 5.75 Å². The summed E-state index contributed by atoms with van der Waals surface area (Å²) in [5.41, 5.74) is 2.17. The Morgan fingerprint density at radius 3 is 2.77 bits per heavy atom. The standard InChI is InChI=1S/C19H22N2O5/c1-10-7-14(17-11(2)12(3)19(24)26-15(17)8-10)25-9-16(22)21-13-5-4-6-20-18(13)23/h7-8,13H,4-6,9H2,1-3H3,(H,20,23)(H,21,22). The van der Waals surface area contributed by atoms with Crippen LogP contribution in [-0.4, -0.2) is 31.0 Å². The molecule has 1 aromatic heterocycles. The van der Waals surface area contributed by atoms with Crippen LogP contribution in [0.2, 0.25) is 0 Å². The Kier molecular flexibility index (Phi) is 4.97. The molecular formula is C19H22N2O5. The average molecular weight is 358 g/mol. The van der Waals surface area contributed by atoms with Gasteiger partial charge in [0.05, 0.1) is 5.39 Å². The monoisotopic (exact) mass is 358 g/mol. The van der Waals surface area contributed by atoms with E-state index in [2.05, 4.69) is 10.6 Å². The number of nitrogens with one attached hydrogen (secondary N) is 2. The van der Waals surface area contributed by atoms with Crippen molar-refractivity contribution < 1.29 is 18.7 Å². The zero-order chi connectivity index (χ0) is 18.8. The molecule has 1 aromatic carbocycles. The maximum Gasteiger partial charge on any atom is 0.339 e. The second-order valence-electron chi connectivity index (χ2n) is 6.62. The molecule has 1 aliphatic heterocycles. The summed E-state index contributed by atoms with van der Waals surface area (Å²) in [6.07, 6.45) is 1.45. The Balaban J connectivity index is 1.80. The molecule has 0 spiro atoms. The Hall–Kier alpha value is -2.83. The Bertz CT molecular complexity index is 932. The van der Waals surface area contributed by atoms with Gasteiger partial charge in [-0.3, -0.25) is 9.59 Å². The highest BCUT2D eigenvalue weighted by molar-refractivity contribution is 5.90. The number of aryl methyl sites for hydroxylation is 2. The number of benzene rings is 1. The third-order valence-corrected chi connectivity index (χ3v) is 4.64. The number of carbonyl (C=O) groups excluding carboxylic acids is 2. The van der Waals surface area contributed by atoms with E-state index in [-0.39, 0.29) is 24.0 Å². The third kappa shape index (κ3) is 3.56. The average Bonchev–Trinajstić information content (AvgIpc) is 2.59. The van der Waals surface area contributed by atoms with Gasteiger partial charge in [0.15, 0.2) is 6.61 Å². The smallest absolute Gasteiger partial charge is 0.339 e. The van der Waals surface area contributed by atoms with Gasteiger partial charge in [0, 0.05) is 12.1 Å². The summed E-state index contributed by atoms with van der Waals surface area (Å²) in [4.78, 5) is 35.8. The van der Waals surface area contributed by atoms with Gasteiger partial charge in [0.1, 0.15) is 17.4 Å². The molecule has 26 heavy (non-hydrogen) atoms. The minimum Gasteiger partial charge on any atom is -0.483 e. The first kappa shape index (κ1) is 18.0. The van der Waals surface area contributed by atoms with Gasteiger partial charge in [-0.25, -0.2) is 4.79 Å². The van der Waals surface area contributed by atoms with E-state index in [1.807, 2.05) is 13.8 Å². The number of hydrogen-bond donors (Lipinski definition) is 2. The quantitative estimate of drug-likeness (QED) is 0.807. The molecule has 0 saturated carbocycles. The van der Waals surface area contributed by atoms with Crippen molar-refractivity contribution in [2.24, 2.45) is 0 Å². The minimum atomic E-state index is -0.517. The van der Waals surface area contributed by atoms with E-state index >= 15 is 0 Å². The topological polar surface area (TPSA) is 97.6 Å². The van der Waals surface area contributed by atoms with E-state index in [9.17, 15) is 14.4 Å². The van der Waals surface area contributed by atoms with Gasteiger partial charge < -0.3 is 19.8 Å². The van der Waals surface area contributed by atoms with Gasteiger partial charge in [-0.05, 0) is 56.9 Å². The molecule has 0 radical (unpaired) electrons. The highest BCUT2D eigenvalue weighted by Gasteiger charge is 2.24. The fourth-order valence-electron chi connectivity index (χ4n) is 3.09. The molecule has 2 heterocycles. The van der Waals surface area contributed by atoms with E-state index in [0.717, 1.165) is 17.5 Å². The molecule has 3 rings (SSSR count). The summed E-state index contributed by atoms with van der Waals surface area (Å²) in [6.45, 7) is 5.79. The number of hydrogen-bond acceptors (Lipinski definition) is 5. The van der Waals surface area contributed by atoms with Crippen molar-refractivity contribution in [1.29, 1.82) is 0 Å². The fourth-order valence-corrected chi connectivity index (χ4v) is 3.09. The van der Waals surface area contributed by atoms with Crippen molar-refractivity contribution in [3.05, 3.63) is 39.2 Å². The largest absolute Gasteiger partial charge is 0.483 e. The molecule has 0 bridgehead atoms. The SMILES string of the molecule is Cc1cc(OCC(=O)NC2CCCNC2=O)c2c(C)c(C)c(=O)oc2c1. The second kappa shape index (κ2) is 7.19. The molecule has 1 saturated heterocycles. The van der Waals surface area contributed by atoms with Crippen LogP contribution in [0.4, 0.5) is 0 Å². The fraction of sp³-hybridized carbons (Fsp3) is 0.421. The molecule has 2 amide bonds. The van der Waals surface area contributed by atoms with Crippen molar-refractivity contribution in [2.75, 3.05) is 13.2 Å². The van der Waals surface area contributed by atoms with E-state index in [4.69, 9.17) is 9.15 Å². The highest BCUT2D eigenvalue weighted by Crippen LogP contribution is 2.30. The van der Waals surface area contributed by atoms with Crippen molar-refractivity contribution in [2.45, 2.75) is 39.7 Å². The molecule has 7 heteroatoms. The number of carbonyl (C=O) groups is 2. The van der Waals surface area contributed by atoms with Crippen LogP contribution in [-0.2, 0) is 9.59 Å². The summed E-state index contributed by atoms with van der Waals surface area (Å²) in [6, 6.07) is 3.05. The highest BCUT2D eigenvalue weighted by atomic mass is 16.5. The first-order valence-electron chi connectivity index (χ1n) is 8.61. The number of piperidine rings is 1. The molecular weight excluding hydrogens is 336 g/mol. The predicted molar refractivity (Wildman–Crippen MR) is 96.4 cm³/mol. The first-order chi connectivity index (χ1) is 12.4. The summed E-state index contributed by atoms with van der Waals surface area (Å²) in [5.74, 6) is -0.0556. The molecule has 7 nitrogen and oxygen atoms in total. The summed E-state index contributed by atoms with van der Waals surface area (Å²) >= 11 is 0. The van der Waals surface area contributed by atoms with Crippen LogP contribution in [0.25, 0.3) is 11.0 Å². The van der Waals surface area contributed by atoms with Crippen molar-refractivity contribution in [1.82, 2.24) is 10.6 Å². The van der Waals surface area contributed by atoms with E-state index in [1.54, 1.807) is 19.1 Å². The van der Waals surface area contributed by atoms with Gasteiger partial charge in [-0.1, -0.05) is 0 Å². The van der Waals surface area contributed by atoms with E-state index in [1.165, 1.54) is 0 Å². The molecule has 1 aliphatic rings. The van der Waals surface area contributed by atoms with Crippen LogP contribution in [0.15, 0.2) is 21.3 Å². The van der Waals surface area contributed by atoms with Crippen LogP contribution in [0.3, 0.4) is 0 Å². The van der Waals surface area contributed by atoms with Crippen molar-refractivity contribution in [3.8, 4) is 5.75 Å². The lowest BCUT2D eigenvalue weighted by Crippen LogP contribution is -2.51. The molecule has 1 atom stereocenters. The molecule has 138 valence electrons. The maximum absolute atomic E-state index is 12.2. The number of amides is 2. The second-order valence-corrected chi connectivity index (χ2v) is 6.62. The van der Waals surface area contributed by atoms with Crippen molar-refractivity contribution in [3.63, 3.8) is 0 Å². The summed E-state index contributed by atoms with van der Waals surface area (Å²) in [7, 11) is 0. The van der Waals surface area contributed by atoms with Gasteiger partial charge in [0.25, 0.3) is 5.91 Å². The van der Waals surface area contributed by atoms with Crippen LogP contribution in [0.1, 0.15) is 29.5 Å². The number of fused-ring (bicyclic) bond motifs is 1. The minimum absolute atomic E-state index is 0.168. The summed E-state index contributed by atoms with van der Waals surface area (Å²) < 4.78 is 11.1. The molecule has 1 unspecified atom stereocenters. The predicted octanol–water partition coefficient (Wildman–Crippen LogP) is 1.49. The number of rotatable bonds is 4. The van der Waals surface area contributed by atoms with Crippen LogP contribution >= 0.6 is 0 Å². The normalized spacial score (nSPS) is 17.0. The zero-order valence-corrected chi connectivity index (χ0v) is 15.1. The van der Waals surface area contributed by atoms with Gasteiger partial charge >= 0.3 is 5.63 Å².